The van der Waals surface area contributed by atoms with Crippen molar-refractivity contribution in [3.8, 4) is 0 Å². The van der Waals surface area contributed by atoms with Crippen molar-refractivity contribution < 1.29 is 9.90 Å². The lowest BCUT2D eigenvalue weighted by atomic mass is 9.91. The van der Waals surface area contributed by atoms with Crippen LogP contribution < -0.4 is 5.32 Å². The highest BCUT2D eigenvalue weighted by Crippen LogP contribution is 2.24. The van der Waals surface area contributed by atoms with Crippen molar-refractivity contribution in [3.63, 3.8) is 0 Å². The van der Waals surface area contributed by atoms with Crippen LogP contribution in [0.4, 0.5) is 0 Å². The van der Waals surface area contributed by atoms with Gasteiger partial charge in [0.1, 0.15) is 0 Å². The minimum atomic E-state index is 0.0639. The van der Waals surface area contributed by atoms with E-state index in [9.17, 15) is 4.79 Å². The summed E-state index contributed by atoms with van der Waals surface area (Å²) in [5, 5.41) is 11.9. The van der Waals surface area contributed by atoms with E-state index in [-0.39, 0.29) is 12.5 Å². The van der Waals surface area contributed by atoms with Crippen molar-refractivity contribution in [2.45, 2.75) is 32.2 Å². The normalized spacial score (nSPS) is 16.4. The third kappa shape index (κ3) is 2.96. The van der Waals surface area contributed by atoms with Crippen molar-refractivity contribution in [1.82, 2.24) is 10.2 Å². The molecule has 1 saturated carbocycles. The van der Waals surface area contributed by atoms with Crippen molar-refractivity contribution in [2.75, 3.05) is 26.2 Å². The van der Waals surface area contributed by atoms with Gasteiger partial charge in [0, 0.05) is 12.6 Å². The predicted molar refractivity (Wildman–Crippen MR) is 55.0 cm³/mol. The molecule has 82 valence electrons. The van der Waals surface area contributed by atoms with E-state index in [4.69, 9.17) is 5.11 Å². The molecule has 0 saturated heterocycles. The molecule has 0 aromatic heterocycles. The SMILES string of the molecule is CCNCC(=O)N(CCO)C1CCC1. The van der Waals surface area contributed by atoms with Crippen LogP contribution >= 0.6 is 0 Å². The van der Waals surface area contributed by atoms with Crippen LogP contribution in [0.25, 0.3) is 0 Å². The lowest BCUT2D eigenvalue weighted by Crippen LogP contribution is -2.48. The van der Waals surface area contributed by atoms with Crippen molar-refractivity contribution in [1.29, 1.82) is 0 Å². The van der Waals surface area contributed by atoms with Gasteiger partial charge in [0.15, 0.2) is 0 Å². The molecule has 14 heavy (non-hydrogen) atoms. The zero-order valence-electron chi connectivity index (χ0n) is 8.83. The van der Waals surface area contributed by atoms with Crippen LogP contribution in [0.5, 0.6) is 0 Å². The molecular weight excluding hydrogens is 180 g/mol. The summed E-state index contributed by atoms with van der Waals surface area (Å²) in [6.45, 7) is 3.73. The van der Waals surface area contributed by atoms with Gasteiger partial charge in [-0.1, -0.05) is 6.92 Å². The molecule has 1 aliphatic carbocycles. The fraction of sp³-hybridized carbons (Fsp3) is 0.900. The van der Waals surface area contributed by atoms with Crippen molar-refractivity contribution >= 4 is 5.91 Å². The van der Waals surface area contributed by atoms with Gasteiger partial charge in [0.05, 0.1) is 13.2 Å². The summed E-state index contributed by atoms with van der Waals surface area (Å²) < 4.78 is 0. The van der Waals surface area contributed by atoms with Gasteiger partial charge < -0.3 is 15.3 Å². The summed E-state index contributed by atoms with van der Waals surface area (Å²) in [6.07, 6.45) is 3.40. The van der Waals surface area contributed by atoms with Crippen LogP contribution in [-0.2, 0) is 4.79 Å². The number of nitrogens with zero attached hydrogens (tertiary/aromatic N) is 1. The number of likely N-dealkylation sites (N-methyl/N-ethyl adjacent to an activating group) is 1. The van der Waals surface area contributed by atoms with Gasteiger partial charge in [-0.2, -0.15) is 0 Å². The summed E-state index contributed by atoms with van der Waals surface area (Å²) in [4.78, 5) is 13.5. The van der Waals surface area contributed by atoms with E-state index >= 15 is 0 Å². The number of amides is 1. The smallest absolute Gasteiger partial charge is 0.236 e. The van der Waals surface area contributed by atoms with Gasteiger partial charge in [0.25, 0.3) is 0 Å². The fourth-order valence-electron chi connectivity index (χ4n) is 1.65. The van der Waals surface area contributed by atoms with Crippen molar-refractivity contribution in [2.24, 2.45) is 0 Å². The molecule has 4 nitrogen and oxygen atoms in total. The zero-order chi connectivity index (χ0) is 10.4. The Morgan fingerprint density at radius 1 is 1.57 bits per heavy atom. The monoisotopic (exact) mass is 200 g/mol. The lowest BCUT2D eigenvalue weighted by Gasteiger charge is -2.37. The summed E-state index contributed by atoms with van der Waals surface area (Å²) in [5.74, 6) is 0.116. The molecule has 0 aliphatic heterocycles. The second-order valence-corrected chi connectivity index (χ2v) is 3.68. The van der Waals surface area contributed by atoms with Gasteiger partial charge >= 0.3 is 0 Å². The average Bonchev–Trinajstić information content (AvgIpc) is 2.10. The van der Waals surface area contributed by atoms with E-state index in [1.54, 1.807) is 0 Å². The molecule has 2 N–H and O–H groups in total. The van der Waals surface area contributed by atoms with Crippen LogP contribution in [0.15, 0.2) is 0 Å². The Labute approximate surface area is 85.3 Å². The first kappa shape index (κ1) is 11.5. The third-order valence-electron chi connectivity index (χ3n) is 2.70. The highest BCUT2D eigenvalue weighted by atomic mass is 16.3. The molecule has 4 heteroatoms. The quantitative estimate of drug-likeness (QED) is 0.633. The molecule has 0 aromatic rings. The topological polar surface area (TPSA) is 52.6 Å². The standard InChI is InChI=1S/C10H20N2O2/c1-2-11-8-10(14)12(6-7-13)9-4-3-5-9/h9,11,13H,2-8H2,1H3. The molecule has 1 amide bonds. The number of hydrogen-bond acceptors (Lipinski definition) is 3. The van der Waals surface area contributed by atoms with Gasteiger partial charge in [0.2, 0.25) is 5.91 Å². The maximum atomic E-state index is 11.7. The second-order valence-electron chi connectivity index (χ2n) is 3.68. The molecule has 0 heterocycles. The Bertz CT molecular complexity index is 181. The fourth-order valence-corrected chi connectivity index (χ4v) is 1.65. The molecule has 0 bridgehead atoms. The van der Waals surface area contributed by atoms with E-state index in [0.717, 1.165) is 19.4 Å². The second kappa shape index (κ2) is 5.98. The first-order valence-electron chi connectivity index (χ1n) is 5.40. The minimum Gasteiger partial charge on any atom is -0.395 e. The maximum Gasteiger partial charge on any atom is 0.236 e. The number of nitrogens with one attached hydrogen (secondary N) is 1. The number of aliphatic hydroxyl groups excluding tert-OH is 1. The predicted octanol–water partition coefficient (Wildman–Crippen LogP) is -0.0307. The van der Waals surface area contributed by atoms with E-state index < -0.39 is 0 Å². The molecule has 0 atom stereocenters. The van der Waals surface area contributed by atoms with E-state index in [2.05, 4.69) is 5.32 Å². The van der Waals surface area contributed by atoms with E-state index in [0.29, 0.717) is 19.1 Å². The Kier molecular flexibility index (Phi) is 4.90. The number of carbonyl (C=O) groups is 1. The van der Waals surface area contributed by atoms with Crippen LogP contribution in [0.2, 0.25) is 0 Å². The molecule has 0 unspecified atom stereocenters. The Morgan fingerprint density at radius 2 is 2.29 bits per heavy atom. The highest BCUT2D eigenvalue weighted by molar-refractivity contribution is 5.78. The lowest BCUT2D eigenvalue weighted by molar-refractivity contribution is -0.134. The zero-order valence-corrected chi connectivity index (χ0v) is 8.83. The van der Waals surface area contributed by atoms with E-state index in [1.807, 2.05) is 11.8 Å². The molecule has 0 spiro atoms. The van der Waals surface area contributed by atoms with Crippen molar-refractivity contribution in [3.05, 3.63) is 0 Å². The molecule has 0 aromatic carbocycles. The summed E-state index contributed by atoms with van der Waals surface area (Å²) in [5.41, 5.74) is 0. The summed E-state index contributed by atoms with van der Waals surface area (Å²) in [7, 11) is 0. The molecule has 0 radical (unpaired) electrons. The Hall–Kier alpha value is -0.610. The van der Waals surface area contributed by atoms with Crippen LogP contribution in [0.1, 0.15) is 26.2 Å². The molecule has 1 rings (SSSR count). The number of hydrogen-bond donors (Lipinski definition) is 2. The third-order valence-corrected chi connectivity index (χ3v) is 2.70. The largest absolute Gasteiger partial charge is 0.395 e. The van der Waals surface area contributed by atoms with Gasteiger partial charge in [-0.05, 0) is 25.8 Å². The van der Waals surface area contributed by atoms with Crippen LogP contribution in [0.3, 0.4) is 0 Å². The van der Waals surface area contributed by atoms with Crippen LogP contribution in [0, 0.1) is 0 Å². The number of aliphatic hydroxyl groups is 1. The Morgan fingerprint density at radius 3 is 2.71 bits per heavy atom. The maximum absolute atomic E-state index is 11.7. The number of rotatable bonds is 6. The van der Waals surface area contributed by atoms with Gasteiger partial charge in [-0.3, -0.25) is 4.79 Å². The summed E-state index contributed by atoms with van der Waals surface area (Å²) in [6, 6.07) is 0.383. The molecular formula is C10H20N2O2. The van der Waals surface area contributed by atoms with Gasteiger partial charge in [-0.25, -0.2) is 0 Å². The highest BCUT2D eigenvalue weighted by Gasteiger charge is 2.27. The first-order chi connectivity index (χ1) is 6.79. The molecule has 1 fully saturated rings. The Balaban J connectivity index is 2.35. The first-order valence-corrected chi connectivity index (χ1v) is 5.40. The average molecular weight is 200 g/mol. The van der Waals surface area contributed by atoms with Gasteiger partial charge in [-0.15, -0.1) is 0 Å². The van der Waals surface area contributed by atoms with E-state index in [1.165, 1.54) is 6.42 Å². The number of carbonyl (C=O) groups excluding carboxylic acids is 1. The molecule has 1 aliphatic rings. The minimum absolute atomic E-state index is 0.0639. The summed E-state index contributed by atoms with van der Waals surface area (Å²) >= 11 is 0. The van der Waals surface area contributed by atoms with Crippen LogP contribution in [-0.4, -0.2) is 48.2 Å².